The number of hydrogen-bond donors (Lipinski definition) is 0. The molecule has 1 fully saturated rings. The molecule has 1 aromatic rings. The lowest BCUT2D eigenvalue weighted by Gasteiger charge is -2.34. The summed E-state index contributed by atoms with van der Waals surface area (Å²) in [4.78, 5) is 7.16. The Labute approximate surface area is 120 Å². The minimum absolute atomic E-state index is 0.115. The lowest BCUT2D eigenvalue weighted by molar-refractivity contribution is 0.150. The van der Waals surface area contributed by atoms with Crippen LogP contribution in [0.15, 0.2) is 5.38 Å². The number of likely N-dealkylation sites (tertiary alicyclic amines) is 1. The minimum Gasteiger partial charge on any atom is -0.297 e. The van der Waals surface area contributed by atoms with Crippen LogP contribution in [0.3, 0.4) is 0 Å². The maximum Gasteiger partial charge on any atom is 0.107 e. The number of rotatable bonds is 2. The van der Waals surface area contributed by atoms with E-state index in [2.05, 4.69) is 44.0 Å². The van der Waals surface area contributed by atoms with Crippen molar-refractivity contribution < 1.29 is 0 Å². The monoisotopic (exact) mass is 277 g/mol. The molecule has 0 aromatic carbocycles. The number of aromatic nitrogens is 1. The first-order chi connectivity index (χ1) is 8.82. The molecule has 0 N–H and O–H groups in total. The van der Waals surface area contributed by atoms with Crippen LogP contribution < -0.4 is 0 Å². The van der Waals surface area contributed by atoms with Gasteiger partial charge >= 0.3 is 0 Å². The van der Waals surface area contributed by atoms with Gasteiger partial charge in [-0.1, -0.05) is 20.8 Å². The molecular formula is C15H23N3S. The van der Waals surface area contributed by atoms with Crippen LogP contribution in [0.2, 0.25) is 0 Å². The summed E-state index contributed by atoms with van der Waals surface area (Å²) in [5, 5.41) is 12.5. The molecule has 1 aliphatic rings. The molecule has 4 heteroatoms. The van der Waals surface area contributed by atoms with E-state index in [1.807, 2.05) is 0 Å². The third-order valence-corrected chi connectivity index (χ3v) is 4.74. The zero-order valence-corrected chi connectivity index (χ0v) is 13.2. The first kappa shape index (κ1) is 14.5. The summed E-state index contributed by atoms with van der Waals surface area (Å²) < 4.78 is 0. The second-order valence-corrected chi connectivity index (χ2v) is 7.77. The van der Waals surface area contributed by atoms with Gasteiger partial charge in [-0.15, -0.1) is 11.3 Å². The summed E-state index contributed by atoms with van der Waals surface area (Å²) in [7, 11) is 0. The molecule has 104 valence electrons. The Kier molecular flexibility index (Phi) is 3.98. The molecule has 1 aliphatic heterocycles. The van der Waals surface area contributed by atoms with Crippen molar-refractivity contribution in [1.82, 2.24) is 9.88 Å². The maximum atomic E-state index is 9.14. The smallest absolute Gasteiger partial charge is 0.107 e. The van der Waals surface area contributed by atoms with Gasteiger partial charge < -0.3 is 0 Å². The van der Waals surface area contributed by atoms with Crippen LogP contribution >= 0.6 is 11.3 Å². The van der Waals surface area contributed by atoms with Crippen LogP contribution in [-0.2, 0) is 12.0 Å². The second kappa shape index (κ2) is 5.22. The molecule has 1 saturated heterocycles. The van der Waals surface area contributed by atoms with E-state index < -0.39 is 0 Å². The normalized spacial score (nSPS) is 20.2. The summed E-state index contributed by atoms with van der Waals surface area (Å²) in [6, 6.07) is 2.45. The molecule has 19 heavy (non-hydrogen) atoms. The topological polar surface area (TPSA) is 39.9 Å². The van der Waals surface area contributed by atoms with E-state index in [0.717, 1.165) is 32.5 Å². The van der Waals surface area contributed by atoms with Crippen molar-refractivity contribution in [2.75, 3.05) is 13.1 Å². The van der Waals surface area contributed by atoms with E-state index in [9.17, 15) is 0 Å². The third-order valence-electron chi connectivity index (χ3n) is 3.91. The Morgan fingerprint density at radius 2 is 2.05 bits per heavy atom. The van der Waals surface area contributed by atoms with Gasteiger partial charge in [0, 0.05) is 23.9 Å². The molecular weight excluding hydrogens is 254 g/mol. The highest BCUT2D eigenvalue weighted by Crippen LogP contribution is 2.31. The Bertz CT molecular complexity index is 470. The van der Waals surface area contributed by atoms with Gasteiger partial charge in [0.25, 0.3) is 0 Å². The van der Waals surface area contributed by atoms with E-state index in [0.29, 0.717) is 0 Å². The lowest BCUT2D eigenvalue weighted by atomic mass is 9.82. The summed E-state index contributed by atoms with van der Waals surface area (Å²) in [6.07, 6.45) is 1.95. The van der Waals surface area contributed by atoms with E-state index in [1.54, 1.807) is 11.3 Å². The van der Waals surface area contributed by atoms with Gasteiger partial charge in [0.05, 0.1) is 23.7 Å². The molecule has 0 atom stereocenters. The highest BCUT2D eigenvalue weighted by Gasteiger charge is 2.30. The first-order valence-electron chi connectivity index (χ1n) is 6.91. The summed E-state index contributed by atoms with van der Waals surface area (Å²) in [6.45, 7) is 11.6. The van der Waals surface area contributed by atoms with Gasteiger partial charge in [-0.2, -0.15) is 5.26 Å². The van der Waals surface area contributed by atoms with Crippen LogP contribution in [-0.4, -0.2) is 23.0 Å². The van der Waals surface area contributed by atoms with Crippen LogP contribution in [0, 0.1) is 16.7 Å². The van der Waals surface area contributed by atoms with Crippen molar-refractivity contribution in [1.29, 1.82) is 5.26 Å². The van der Waals surface area contributed by atoms with Gasteiger partial charge in [0.15, 0.2) is 0 Å². The summed E-state index contributed by atoms with van der Waals surface area (Å²) in [5.74, 6) is 0. The SMILES string of the molecule is CC1(C#N)CCN(Cc2nc(C(C)(C)C)cs2)CC1. The van der Waals surface area contributed by atoms with Crippen molar-refractivity contribution >= 4 is 11.3 Å². The third kappa shape index (κ3) is 3.55. The molecule has 0 spiro atoms. The van der Waals surface area contributed by atoms with E-state index in [4.69, 9.17) is 10.2 Å². The highest BCUT2D eigenvalue weighted by molar-refractivity contribution is 7.09. The fourth-order valence-electron chi connectivity index (χ4n) is 2.24. The van der Waals surface area contributed by atoms with E-state index in [-0.39, 0.29) is 10.8 Å². The van der Waals surface area contributed by atoms with Crippen molar-refractivity contribution in [3.63, 3.8) is 0 Å². The molecule has 0 radical (unpaired) electrons. The van der Waals surface area contributed by atoms with Gasteiger partial charge in [0.2, 0.25) is 0 Å². The van der Waals surface area contributed by atoms with Crippen LogP contribution in [0.5, 0.6) is 0 Å². The van der Waals surface area contributed by atoms with Crippen molar-refractivity contribution in [2.24, 2.45) is 5.41 Å². The average Bonchev–Trinajstić information content (AvgIpc) is 2.81. The van der Waals surface area contributed by atoms with Crippen LogP contribution in [0.4, 0.5) is 0 Å². The Morgan fingerprint density at radius 3 is 2.53 bits per heavy atom. The number of nitriles is 1. The van der Waals surface area contributed by atoms with Gasteiger partial charge in [-0.25, -0.2) is 4.98 Å². The minimum atomic E-state index is -0.115. The zero-order chi connectivity index (χ0) is 14.1. The summed E-state index contributed by atoms with van der Waals surface area (Å²) >= 11 is 1.76. The standard InChI is InChI=1S/C15H23N3S/c1-14(2,3)12-10-19-13(17-12)9-18-7-5-15(4,11-16)6-8-18/h10H,5-9H2,1-4H3. The maximum absolute atomic E-state index is 9.14. The largest absolute Gasteiger partial charge is 0.297 e. The number of thiazole rings is 1. The summed E-state index contributed by atoms with van der Waals surface area (Å²) in [5.41, 5.74) is 1.21. The predicted molar refractivity (Wildman–Crippen MR) is 79.0 cm³/mol. The van der Waals surface area contributed by atoms with Crippen LogP contribution in [0.25, 0.3) is 0 Å². The van der Waals surface area contributed by atoms with Gasteiger partial charge in [-0.3, -0.25) is 4.90 Å². The fraction of sp³-hybridized carbons (Fsp3) is 0.733. The molecule has 0 amide bonds. The van der Waals surface area contributed by atoms with Crippen molar-refractivity contribution in [3.05, 3.63) is 16.1 Å². The first-order valence-corrected chi connectivity index (χ1v) is 7.79. The van der Waals surface area contributed by atoms with Gasteiger partial charge in [-0.05, 0) is 19.8 Å². The lowest BCUT2D eigenvalue weighted by Crippen LogP contribution is -2.37. The molecule has 0 saturated carbocycles. The van der Waals surface area contributed by atoms with Crippen LogP contribution in [0.1, 0.15) is 51.2 Å². The quantitative estimate of drug-likeness (QED) is 0.829. The molecule has 3 nitrogen and oxygen atoms in total. The molecule has 2 heterocycles. The highest BCUT2D eigenvalue weighted by atomic mass is 32.1. The fourth-order valence-corrected chi connectivity index (χ4v) is 3.30. The molecule has 2 rings (SSSR count). The molecule has 0 unspecified atom stereocenters. The Hall–Kier alpha value is -0.920. The number of hydrogen-bond acceptors (Lipinski definition) is 4. The zero-order valence-electron chi connectivity index (χ0n) is 12.4. The second-order valence-electron chi connectivity index (χ2n) is 6.83. The Morgan fingerprint density at radius 1 is 1.42 bits per heavy atom. The average molecular weight is 277 g/mol. The number of piperidine rings is 1. The molecule has 1 aromatic heterocycles. The molecule has 0 bridgehead atoms. The Balaban J connectivity index is 1.93. The predicted octanol–water partition coefficient (Wildman–Crippen LogP) is 3.57. The van der Waals surface area contributed by atoms with Crippen molar-refractivity contribution in [3.8, 4) is 6.07 Å². The number of nitrogens with zero attached hydrogens (tertiary/aromatic N) is 3. The van der Waals surface area contributed by atoms with Crippen molar-refractivity contribution in [2.45, 2.75) is 52.5 Å². The van der Waals surface area contributed by atoms with E-state index >= 15 is 0 Å². The van der Waals surface area contributed by atoms with Gasteiger partial charge in [0.1, 0.15) is 5.01 Å². The van der Waals surface area contributed by atoms with E-state index in [1.165, 1.54) is 10.7 Å². The molecule has 0 aliphatic carbocycles.